The number of amides is 3. The van der Waals surface area contributed by atoms with Crippen molar-refractivity contribution in [1.29, 1.82) is 0 Å². The maximum absolute atomic E-state index is 13.5. The summed E-state index contributed by atoms with van der Waals surface area (Å²) in [6.45, 7) is 4.63. The fourth-order valence-corrected chi connectivity index (χ4v) is 4.97. The second-order valence-corrected chi connectivity index (χ2v) is 10.6. The zero-order valence-electron chi connectivity index (χ0n) is 22.7. The molecule has 0 aliphatic carbocycles. The second-order valence-electron chi connectivity index (χ2n) is 10.6. The van der Waals surface area contributed by atoms with Crippen LogP contribution in [0.25, 0.3) is 10.9 Å². The van der Waals surface area contributed by atoms with Gasteiger partial charge in [0.05, 0.1) is 12.4 Å². The Balaban J connectivity index is 1.49. The Bertz CT molecular complexity index is 1310. The third kappa shape index (κ3) is 7.47. The number of aromatic nitrogens is 3. The van der Waals surface area contributed by atoms with Gasteiger partial charge in [-0.3, -0.25) is 14.4 Å². The average Bonchev–Trinajstić information content (AvgIpc) is 3.70. The topological polar surface area (TPSA) is 181 Å². The molecular weight excluding hydrogens is 514 g/mol. The summed E-state index contributed by atoms with van der Waals surface area (Å²) in [5, 5.41) is 22.1. The molecule has 1 aliphatic rings. The Kier molecular flexibility index (Phi) is 9.54. The number of aliphatic carboxylic acids is 1. The summed E-state index contributed by atoms with van der Waals surface area (Å²) in [5.41, 5.74) is 2.20. The van der Waals surface area contributed by atoms with Crippen molar-refractivity contribution < 1.29 is 24.3 Å². The van der Waals surface area contributed by atoms with Gasteiger partial charge in [0.2, 0.25) is 17.7 Å². The van der Waals surface area contributed by atoms with Crippen molar-refractivity contribution in [2.45, 2.75) is 70.1 Å². The van der Waals surface area contributed by atoms with Crippen LogP contribution in [0.4, 0.5) is 0 Å². The molecule has 4 unspecified atom stereocenters. The van der Waals surface area contributed by atoms with E-state index in [1.54, 1.807) is 6.20 Å². The Morgan fingerprint density at radius 1 is 1.00 bits per heavy atom. The van der Waals surface area contributed by atoms with E-state index in [2.05, 4.69) is 36.2 Å². The smallest absolute Gasteiger partial charge is 0.326 e. The molecule has 12 nitrogen and oxygen atoms in total. The first-order chi connectivity index (χ1) is 19.2. The maximum atomic E-state index is 13.5. The average molecular weight is 552 g/mol. The molecule has 1 aromatic carbocycles. The zero-order valence-corrected chi connectivity index (χ0v) is 22.7. The van der Waals surface area contributed by atoms with Crippen LogP contribution >= 0.6 is 0 Å². The minimum atomic E-state index is -1.23. The van der Waals surface area contributed by atoms with Crippen LogP contribution in [0.1, 0.15) is 44.4 Å². The van der Waals surface area contributed by atoms with Crippen molar-refractivity contribution in [2.75, 3.05) is 6.54 Å². The molecule has 0 radical (unpaired) electrons. The highest BCUT2D eigenvalue weighted by atomic mass is 16.4. The van der Waals surface area contributed by atoms with Gasteiger partial charge in [-0.2, -0.15) is 0 Å². The van der Waals surface area contributed by atoms with Gasteiger partial charge in [0.1, 0.15) is 18.1 Å². The van der Waals surface area contributed by atoms with Crippen molar-refractivity contribution in [2.24, 2.45) is 5.92 Å². The molecule has 3 heterocycles. The van der Waals surface area contributed by atoms with Crippen LogP contribution in [0.3, 0.4) is 0 Å². The number of carboxylic acid groups (broad SMARTS) is 1. The summed E-state index contributed by atoms with van der Waals surface area (Å²) in [5.74, 6) is -2.51. The SMILES string of the molecule is CC(C)CC(NC(=O)C1CCCN1)C(=O)NC(Cc1cnc[nH]1)C(=O)NC(Cc1c[nH]c2ccccc12)C(=O)O. The van der Waals surface area contributed by atoms with Crippen LogP contribution in [-0.2, 0) is 32.0 Å². The van der Waals surface area contributed by atoms with Crippen LogP contribution in [0, 0.1) is 5.92 Å². The fraction of sp³-hybridized carbons (Fsp3) is 0.464. The molecule has 1 aliphatic heterocycles. The number of carboxylic acids is 1. The number of H-pyrrole nitrogens is 2. The molecule has 4 atom stereocenters. The first-order valence-electron chi connectivity index (χ1n) is 13.6. The molecule has 214 valence electrons. The Morgan fingerprint density at radius 2 is 1.75 bits per heavy atom. The van der Waals surface area contributed by atoms with Gasteiger partial charge in [-0.05, 0) is 43.4 Å². The first-order valence-corrected chi connectivity index (χ1v) is 13.6. The van der Waals surface area contributed by atoms with E-state index in [9.17, 15) is 24.3 Å². The molecule has 4 rings (SSSR count). The Hall–Kier alpha value is -4.19. The molecule has 1 saturated heterocycles. The van der Waals surface area contributed by atoms with Gasteiger partial charge in [0, 0.05) is 41.8 Å². The summed E-state index contributed by atoms with van der Waals surface area (Å²) in [4.78, 5) is 61.8. The van der Waals surface area contributed by atoms with Gasteiger partial charge in [-0.1, -0.05) is 32.0 Å². The van der Waals surface area contributed by atoms with Gasteiger partial charge < -0.3 is 36.3 Å². The second kappa shape index (κ2) is 13.2. The number of para-hydroxylation sites is 1. The number of benzene rings is 1. The van der Waals surface area contributed by atoms with E-state index in [1.807, 2.05) is 38.1 Å². The number of imidazole rings is 1. The van der Waals surface area contributed by atoms with E-state index >= 15 is 0 Å². The molecule has 0 bridgehead atoms. The number of fused-ring (bicyclic) bond motifs is 1. The standard InChI is InChI=1S/C28H37N7O5/c1-16(2)10-22(33-25(36)21-8-5-9-30-21)26(37)34-23(12-18-14-29-15-32-18)27(38)35-24(28(39)40)11-17-13-31-20-7-4-3-6-19(17)20/h3-4,6-7,13-16,21-24,30-31H,5,8-12H2,1-2H3,(H,29,32)(H,33,36)(H,34,37)(H,35,38)(H,39,40). The highest BCUT2D eigenvalue weighted by molar-refractivity contribution is 5.94. The highest BCUT2D eigenvalue weighted by Gasteiger charge is 2.32. The molecule has 3 aromatic rings. The highest BCUT2D eigenvalue weighted by Crippen LogP contribution is 2.19. The monoisotopic (exact) mass is 551 g/mol. The lowest BCUT2D eigenvalue weighted by molar-refractivity contribution is -0.142. The summed E-state index contributed by atoms with van der Waals surface area (Å²) in [6, 6.07) is 3.97. The number of hydrogen-bond donors (Lipinski definition) is 7. The summed E-state index contributed by atoms with van der Waals surface area (Å²) < 4.78 is 0. The number of carbonyl (C=O) groups excluding carboxylic acids is 3. The van der Waals surface area contributed by atoms with Gasteiger partial charge in [0.15, 0.2) is 0 Å². The van der Waals surface area contributed by atoms with E-state index in [0.717, 1.165) is 29.4 Å². The lowest BCUT2D eigenvalue weighted by Crippen LogP contribution is -2.58. The van der Waals surface area contributed by atoms with Gasteiger partial charge in [-0.25, -0.2) is 9.78 Å². The molecule has 12 heteroatoms. The molecule has 3 amide bonds. The van der Waals surface area contributed by atoms with Gasteiger partial charge in [0.25, 0.3) is 0 Å². The molecular formula is C28H37N7O5. The predicted molar refractivity (Wildman–Crippen MR) is 148 cm³/mol. The largest absolute Gasteiger partial charge is 0.480 e. The Morgan fingerprint density at radius 3 is 2.42 bits per heavy atom. The van der Waals surface area contributed by atoms with Crippen molar-refractivity contribution in [1.82, 2.24) is 36.2 Å². The summed E-state index contributed by atoms with van der Waals surface area (Å²) in [6.07, 6.45) is 6.79. The van der Waals surface area contributed by atoms with Crippen LogP contribution in [0.2, 0.25) is 0 Å². The molecule has 40 heavy (non-hydrogen) atoms. The van der Waals surface area contributed by atoms with Crippen molar-refractivity contribution in [3.63, 3.8) is 0 Å². The van der Waals surface area contributed by atoms with E-state index in [0.29, 0.717) is 18.5 Å². The lowest BCUT2D eigenvalue weighted by Gasteiger charge is -2.26. The van der Waals surface area contributed by atoms with E-state index < -0.39 is 35.9 Å². The molecule has 2 aromatic heterocycles. The molecule has 1 fully saturated rings. The Labute approximate surface area is 232 Å². The molecule has 7 N–H and O–H groups in total. The maximum Gasteiger partial charge on any atom is 0.326 e. The number of nitrogens with zero attached hydrogens (tertiary/aromatic N) is 1. The van der Waals surface area contributed by atoms with Gasteiger partial charge >= 0.3 is 5.97 Å². The van der Waals surface area contributed by atoms with Crippen LogP contribution in [0.15, 0.2) is 43.0 Å². The third-order valence-electron chi connectivity index (χ3n) is 7.04. The first kappa shape index (κ1) is 28.8. The minimum Gasteiger partial charge on any atom is -0.480 e. The number of carbonyl (C=O) groups is 4. The number of nitrogens with one attached hydrogen (secondary N) is 6. The quantitative estimate of drug-likeness (QED) is 0.165. The minimum absolute atomic E-state index is 0.0518. The fourth-order valence-electron chi connectivity index (χ4n) is 4.97. The summed E-state index contributed by atoms with van der Waals surface area (Å²) >= 11 is 0. The molecule has 0 saturated carbocycles. The van der Waals surface area contributed by atoms with Crippen molar-refractivity contribution >= 4 is 34.6 Å². The van der Waals surface area contributed by atoms with E-state index in [-0.39, 0.29) is 30.7 Å². The van der Waals surface area contributed by atoms with E-state index in [4.69, 9.17) is 0 Å². The molecule has 0 spiro atoms. The number of rotatable bonds is 13. The summed E-state index contributed by atoms with van der Waals surface area (Å²) in [7, 11) is 0. The number of aromatic amines is 2. The van der Waals surface area contributed by atoms with Crippen LogP contribution in [0.5, 0.6) is 0 Å². The van der Waals surface area contributed by atoms with Crippen molar-refractivity contribution in [3.05, 3.63) is 54.2 Å². The third-order valence-corrected chi connectivity index (χ3v) is 7.04. The normalized spacial score (nSPS) is 17.3. The lowest BCUT2D eigenvalue weighted by atomic mass is 10.0. The van der Waals surface area contributed by atoms with Crippen LogP contribution in [-0.4, -0.2) is 74.5 Å². The van der Waals surface area contributed by atoms with Gasteiger partial charge in [-0.15, -0.1) is 0 Å². The van der Waals surface area contributed by atoms with E-state index in [1.165, 1.54) is 12.5 Å². The van der Waals surface area contributed by atoms with Crippen molar-refractivity contribution in [3.8, 4) is 0 Å². The zero-order chi connectivity index (χ0) is 28.6. The number of hydrogen-bond acceptors (Lipinski definition) is 6. The van der Waals surface area contributed by atoms with Crippen LogP contribution < -0.4 is 21.3 Å². The predicted octanol–water partition coefficient (Wildman–Crippen LogP) is 1.01.